The van der Waals surface area contributed by atoms with Gasteiger partial charge in [0.2, 0.25) is 5.91 Å². The number of nitrogens with one attached hydrogen (secondary N) is 1. The summed E-state index contributed by atoms with van der Waals surface area (Å²) in [6.07, 6.45) is 1.87. The van der Waals surface area contributed by atoms with Gasteiger partial charge in [0.05, 0.1) is 18.7 Å². The van der Waals surface area contributed by atoms with Gasteiger partial charge < -0.3 is 24.4 Å². The topological polar surface area (TPSA) is 94.2 Å². The third-order valence-corrected chi connectivity index (χ3v) is 3.77. The molecule has 0 aromatic heterocycles. The van der Waals surface area contributed by atoms with Crippen LogP contribution in [0, 0.1) is 0 Å². The predicted octanol–water partition coefficient (Wildman–Crippen LogP) is 1.58. The Morgan fingerprint density at radius 1 is 1.25 bits per heavy atom. The van der Waals surface area contributed by atoms with Gasteiger partial charge in [0, 0.05) is 13.1 Å². The molecule has 2 rings (SSSR count). The highest BCUT2D eigenvalue weighted by Crippen LogP contribution is 2.30. The molecule has 1 aromatic rings. The van der Waals surface area contributed by atoms with Crippen LogP contribution in [-0.4, -0.2) is 62.1 Å². The van der Waals surface area contributed by atoms with E-state index >= 15 is 0 Å². The SMILES string of the molecule is CCOc1cc(C(=O)OCC(=O)N(C)CC(=O)NC2CC2)ccc1OC(F)F. The number of carbonyl (C=O) groups excluding carboxylic acids is 3. The van der Waals surface area contributed by atoms with Crippen LogP contribution in [0.3, 0.4) is 0 Å². The number of ether oxygens (including phenoxy) is 3. The number of carbonyl (C=O) groups is 3. The number of hydrogen-bond acceptors (Lipinski definition) is 6. The van der Waals surface area contributed by atoms with Crippen LogP contribution >= 0.6 is 0 Å². The monoisotopic (exact) mass is 400 g/mol. The number of benzene rings is 1. The molecule has 8 nitrogen and oxygen atoms in total. The summed E-state index contributed by atoms with van der Waals surface area (Å²) in [5, 5.41) is 2.75. The molecule has 1 aromatic carbocycles. The molecular weight excluding hydrogens is 378 g/mol. The first kappa shape index (κ1) is 21.4. The maximum atomic E-state index is 12.4. The largest absolute Gasteiger partial charge is 0.490 e. The fourth-order valence-electron chi connectivity index (χ4n) is 2.22. The van der Waals surface area contributed by atoms with Crippen molar-refractivity contribution in [1.82, 2.24) is 10.2 Å². The summed E-state index contributed by atoms with van der Waals surface area (Å²) in [6, 6.07) is 3.76. The number of likely N-dealkylation sites (N-methyl/N-ethyl adjacent to an activating group) is 1. The van der Waals surface area contributed by atoms with Gasteiger partial charge in [0.25, 0.3) is 5.91 Å². The van der Waals surface area contributed by atoms with Crippen LogP contribution in [0.4, 0.5) is 8.78 Å². The number of amides is 2. The number of nitrogens with zero attached hydrogens (tertiary/aromatic N) is 1. The van der Waals surface area contributed by atoms with Crippen molar-refractivity contribution in [3.63, 3.8) is 0 Å². The molecule has 1 fully saturated rings. The summed E-state index contributed by atoms with van der Waals surface area (Å²) < 4.78 is 39.3. The smallest absolute Gasteiger partial charge is 0.387 e. The minimum atomic E-state index is -3.04. The normalized spacial score (nSPS) is 13.0. The number of rotatable bonds is 10. The van der Waals surface area contributed by atoms with Gasteiger partial charge in [-0.25, -0.2) is 4.79 Å². The fourth-order valence-corrected chi connectivity index (χ4v) is 2.22. The number of halogens is 2. The van der Waals surface area contributed by atoms with Gasteiger partial charge >= 0.3 is 12.6 Å². The second-order valence-electron chi connectivity index (χ2n) is 6.14. The molecule has 154 valence electrons. The lowest BCUT2D eigenvalue weighted by Gasteiger charge is -2.17. The lowest BCUT2D eigenvalue weighted by Crippen LogP contribution is -2.40. The fraction of sp³-hybridized carbons (Fsp3) is 0.500. The molecular formula is C18H22F2N2O6. The first-order chi connectivity index (χ1) is 13.3. The molecule has 0 unspecified atom stereocenters. The van der Waals surface area contributed by atoms with Crippen molar-refractivity contribution in [2.75, 3.05) is 26.8 Å². The first-order valence-corrected chi connectivity index (χ1v) is 8.72. The molecule has 0 atom stereocenters. The zero-order chi connectivity index (χ0) is 20.7. The minimum Gasteiger partial charge on any atom is -0.490 e. The van der Waals surface area contributed by atoms with E-state index in [9.17, 15) is 23.2 Å². The minimum absolute atomic E-state index is 0.00648. The molecule has 1 aliphatic carbocycles. The summed E-state index contributed by atoms with van der Waals surface area (Å²) in [5.41, 5.74) is 0.00648. The van der Waals surface area contributed by atoms with Crippen LogP contribution in [0.2, 0.25) is 0 Å². The van der Waals surface area contributed by atoms with E-state index in [1.54, 1.807) is 6.92 Å². The molecule has 1 saturated carbocycles. The molecule has 1 aliphatic rings. The number of hydrogen-bond donors (Lipinski definition) is 1. The Balaban J connectivity index is 1.89. The summed E-state index contributed by atoms with van der Waals surface area (Å²) in [6.45, 7) is -1.93. The second-order valence-corrected chi connectivity index (χ2v) is 6.14. The van der Waals surface area contributed by atoms with Crippen LogP contribution < -0.4 is 14.8 Å². The summed E-state index contributed by atoms with van der Waals surface area (Å²) >= 11 is 0. The lowest BCUT2D eigenvalue weighted by atomic mass is 10.2. The van der Waals surface area contributed by atoms with Gasteiger partial charge in [-0.3, -0.25) is 9.59 Å². The Labute approximate surface area is 160 Å². The standard InChI is InChI=1S/C18H22F2N2O6/c1-3-26-14-8-11(4-7-13(14)28-18(19)20)17(25)27-10-16(24)22(2)9-15(23)21-12-5-6-12/h4,7-8,12,18H,3,5-6,9-10H2,1-2H3,(H,21,23). The summed E-state index contributed by atoms with van der Waals surface area (Å²) in [4.78, 5) is 37.0. The van der Waals surface area contributed by atoms with E-state index in [2.05, 4.69) is 10.1 Å². The Bertz CT molecular complexity index is 724. The van der Waals surface area contributed by atoms with Gasteiger partial charge in [-0.1, -0.05) is 0 Å². The van der Waals surface area contributed by atoms with E-state index in [1.807, 2.05) is 0 Å². The molecule has 0 aliphatic heterocycles. The maximum absolute atomic E-state index is 12.4. The quantitative estimate of drug-likeness (QED) is 0.600. The van der Waals surface area contributed by atoms with Crippen molar-refractivity contribution in [2.45, 2.75) is 32.4 Å². The highest BCUT2D eigenvalue weighted by Gasteiger charge is 2.24. The van der Waals surface area contributed by atoms with Crippen molar-refractivity contribution in [3.05, 3.63) is 23.8 Å². The highest BCUT2D eigenvalue weighted by atomic mass is 19.3. The number of esters is 1. The van der Waals surface area contributed by atoms with Crippen molar-refractivity contribution < 1.29 is 37.4 Å². The Hall–Kier alpha value is -2.91. The molecule has 0 spiro atoms. The van der Waals surface area contributed by atoms with Crippen LogP contribution in [0.5, 0.6) is 11.5 Å². The Kier molecular flexibility index (Phi) is 7.53. The van der Waals surface area contributed by atoms with E-state index < -0.39 is 25.1 Å². The Morgan fingerprint density at radius 2 is 1.96 bits per heavy atom. The van der Waals surface area contributed by atoms with Crippen LogP contribution in [0.1, 0.15) is 30.1 Å². The van der Waals surface area contributed by atoms with Gasteiger partial charge in [0.1, 0.15) is 0 Å². The highest BCUT2D eigenvalue weighted by molar-refractivity contribution is 5.92. The molecule has 2 amide bonds. The Morgan fingerprint density at radius 3 is 2.57 bits per heavy atom. The molecule has 0 radical (unpaired) electrons. The van der Waals surface area contributed by atoms with E-state index in [0.29, 0.717) is 0 Å². The van der Waals surface area contributed by atoms with Crippen LogP contribution in [0.15, 0.2) is 18.2 Å². The predicted molar refractivity (Wildman–Crippen MR) is 93.3 cm³/mol. The van der Waals surface area contributed by atoms with Crippen molar-refractivity contribution >= 4 is 17.8 Å². The van der Waals surface area contributed by atoms with Crippen molar-refractivity contribution in [2.24, 2.45) is 0 Å². The molecule has 1 N–H and O–H groups in total. The van der Waals surface area contributed by atoms with E-state index in [4.69, 9.17) is 9.47 Å². The van der Waals surface area contributed by atoms with Gasteiger partial charge in [-0.05, 0) is 38.0 Å². The zero-order valence-electron chi connectivity index (χ0n) is 15.6. The van der Waals surface area contributed by atoms with Crippen molar-refractivity contribution in [1.29, 1.82) is 0 Å². The third kappa shape index (κ3) is 6.67. The first-order valence-electron chi connectivity index (χ1n) is 8.72. The molecule has 28 heavy (non-hydrogen) atoms. The molecule has 0 saturated heterocycles. The second kappa shape index (κ2) is 9.86. The van der Waals surface area contributed by atoms with Crippen LogP contribution in [-0.2, 0) is 14.3 Å². The maximum Gasteiger partial charge on any atom is 0.387 e. The lowest BCUT2D eigenvalue weighted by molar-refractivity contribution is -0.137. The summed E-state index contributed by atoms with van der Waals surface area (Å²) in [7, 11) is 1.42. The molecule has 0 bridgehead atoms. The molecule has 0 heterocycles. The number of alkyl halides is 2. The summed E-state index contributed by atoms with van der Waals surface area (Å²) in [5.74, 6) is -1.93. The third-order valence-electron chi connectivity index (χ3n) is 3.77. The van der Waals surface area contributed by atoms with Crippen molar-refractivity contribution in [3.8, 4) is 11.5 Å². The van der Waals surface area contributed by atoms with Gasteiger partial charge in [-0.2, -0.15) is 8.78 Å². The zero-order valence-corrected chi connectivity index (χ0v) is 15.6. The van der Waals surface area contributed by atoms with Gasteiger partial charge in [0.15, 0.2) is 18.1 Å². The molecule has 10 heteroatoms. The van der Waals surface area contributed by atoms with E-state index in [0.717, 1.165) is 23.8 Å². The average Bonchev–Trinajstić information content (AvgIpc) is 3.44. The van der Waals surface area contributed by atoms with E-state index in [1.165, 1.54) is 19.2 Å². The van der Waals surface area contributed by atoms with E-state index in [-0.39, 0.29) is 42.2 Å². The van der Waals surface area contributed by atoms with Crippen LogP contribution in [0.25, 0.3) is 0 Å². The van der Waals surface area contributed by atoms with Gasteiger partial charge in [-0.15, -0.1) is 0 Å². The average molecular weight is 400 g/mol.